The highest BCUT2D eigenvalue weighted by molar-refractivity contribution is 5.76. The van der Waals surface area contributed by atoms with Crippen LogP contribution in [-0.2, 0) is 15.1 Å². The average Bonchev–Trinajstić information content (AvgIpc) is 3.09. The summed E-state index contributed by atoms with van der Waals surface area (Å²) in [7, 11) is 0. The number of hydrogen-bond acceptors (Lipinski definition) is 3. The number of carboxylic acids is 1. The van der Waals surface area contributed by atoms with Crippen molar-refractivity contribution in [2.24, 2.45) is 0 Å². The molecule has 1 aliphatic heterocycles. The Labute approximate surface area is 120 Å². The van der Waals surface area contributed by atoms with Gasteiger partial charge < -0.3 is 9.84 Å². The van der Waals surface area contributed by atoms with Gasteiger partial charge in [0.05, 0.1) is 12.8 Å². The van der Waals surface area contributed by atoms with Crippen LogP contribution in [0.25, 0.3) is 0 Å². The quantitative estimate of drug-likeness (QED) is 0.931. The molecule has 0 bridgehead atoms. The van der Waals surface area contributed by atoms with Gasteiger partial charge in [-0.2, -0.15) is 5.10 Å². The van der Waals surface area contributed by atoms with Crippen molar-refractivity contribution in [3.8, 4) is 0 Å². The number of nitrogens with zero attached hydrogens (tertiary/aromatic N) is 2. The molecule has 1 saturated heterocycles. The molecule has 0 aromatic carbocycles. The molecule has 5 nitrogen and oxygen atoms in total. The first-order valence-electron chi connectivity index (χ1n) is 7.17. The summed E-state index contributed by atoms with van der Waals surface area (Å²) in [6.45, 7) is 1.29. The lowest BCUT2D eigenvalue weighted by Crippen LogP contribution is -2.47. The largest absolute Gasteiger partial charge is 0.479 e. The van der Waals surface area contributed by atoms with E-state index in [9.17, 15) is 18.7 Å². The second kappa shape index (κ2) is 5.05. The van der Waals surface area contributed by atoms with E-state index in [2.05, 4.69) is 5.10 Å². The number of hydrogen-bond donors (Lipinski definition) is 1. The van der Waals surface area contributed by atoms with Gasteiger partial charge in [-0.15, -0.1) is 0 Å². The summed E-state index contributed by atoms with van der Waals surface area (Å²) >= 11 is 0. The van der Waals surface area contributed by atoms with E-state index in [4.69, 9.17) is 4.74 Å². The third-order valence-corrected chi connectivity index (χ3v) is 4.65. The molecule has 1 aliphatic carbocycles. The summed E-state index contributed by atoms with van der Waals surface area (Å²) in [5.41, 5.74) is -0.426. The fraction of sp³-hybridized carbons (Fsp3) is 0.714. The minimum atomic E-state index is -2.77. The number of carboxylic acid groups (broad SMARTS) is 1. The Bertz CT molecular complexity index is 528. The number of carbonyl (C=O) groups is 1. The molecular weight excluding hydrogens is 282 g/mol. The van der Waals surface area contributed by atoms with Crippen molar-refractivity contribution in [3.63, 3.8) is 0 Å². The zero-order chi connectivity index (χ0) is 15.1. The molecule has 1 aromatic rings. The van der Waals surface area contributed by atoms with Crippen LogP contribution in [0.15, 0.2) is 12.4 Å². The first-order valence-corrected chi connectivity index (χ1v) is 7.17. The molecule has 7 heteroatoms. The predicted octanol–water partition coefficient (Wildman–Crippen LogP) is 2.38. The minimum absolute atomic E-state index is 0.0996. The van der Waals surface area contributed by atoms with E-state index in [0.29, 0.717) is 13.2 Å². The maximum Gasteiger partial charge on any atom is 0.331 e. The van der Waals surface area contributed by atoms with Crippen LogP contribution in [0.5, 0.6) is 0 Å². The minimum Gasteiger partial charge on any atom is -0.479 e. The van der Waals surface area contributed by atoms with Gasteiger partial charge in [-0.25, -0.2) is 13.6 Å². The molecule has 2 fully saturated rings. The number of aromatic nitrogens is 2. The molecule has 1 atom stereocenters. The Balaban J connectivity index is 1.86. The first kappa shape index (κ1) is 14.4. The van der Waals surface area contributed by atoms with Crippen molar-refractivity contribution in [1.82, 2.24) is 9.78 Å². The standard InChI is InChI=1S/C14H18F2N2O3/c15-14(16)4-2-13(3-5-14,12(19)20)18-8-11(7-17-18)10-1-6-21-9-10/h7-8,10H,1-6,9H2,(H,19,20). The fourth-order valence-electron chi connectivity index (χ4n) is 3.15. The van der Waals surface area contributed by atoms with Crippen LogP contribution in [0.4, 0.5) is 8.78 Å². The molecule has 0 radical (unpaired) electrons. The van der Waals surface area contributed by atoms with Gasteiger partial charge in [-0.1, -0.05) is 0 Å². The highest BCUT2D eigenvalue weighted by Gasteiger charge is 2.50. The van der Waals surface area contributed by atoms with Crippen molar-refractivity contribution >= 4 is 5.97 Å². The van der Waals surface area contributed by atoms with Crippen LogP contribution < -0.4 is 0 Å². The van der Waals surface area contributed by atoms with Gasteiger partial charge in [-0.3, -0.25) is 4.68 Å². The normalized spacial score (nSPS) is 27.6. The number of ether oxygens (including phenoxy) is 1. The van der Waals surface area contributed by atoms with E-state index < -0.39 is 30.3 Å². The average molecular weight is 300 g/mol. The van der Waals surface area contributed by atoms with Crippen LogP contribution in [0, 0.1) is 0 Å². The Morgan fingerprint density at radius 1 is 1.38 bits per heavy atom. The molecule has 1 N–H and O–H groups in total. The number of alkyl halides is 2. The summed E-state index contributed by atoms with van der Waals surface area (Å²) in [6.07, 6.45) is 3.18. The van der Waals surface area contributed by atoms with E-state index in [1.165, 1.54) is 4.68 Å². The van der Waals surface area contributed by atoms with Crippen LogP contribution in [0.2, 0.25) is 0 Å². The highest BCUT2D eigenvalue weighted by atomic mass is 19.3. The zero-order valence-electron chi connectivity index (χ0n) is 11.6. The summed E-state index contributed by atoms with van der Waals surface area (Å²) in [5.74, 6) is -3.64. The van der Waals surface area contributed by atoms with E-state index >= 15 is 0 Å². The van der Waals surface area contributed by atoms with Crippen molar-refractivity contribution in [2.45, 2.75) is 49.5 Å². The van der Waals surface area contributed by atoms with E-state index in [1.807, 2.05) is 0 Å². The smallest absolute Gasteiger partial charge is 0.331 e. The molecule has 3 rings (SSSR count). The Morgan fingerprint density at radius 2 is 2.10 bits per heavy atom. The molecule has 0 spiro atoms. The highest BCUT2D eigenvalue weighted by Crippen LogP contribution is 2.43. The van der Waals surface area contributed by atoms with Crippen LogP contribution in [0.1, 0.15) is 43.6 Å². The van der Waals surface area contributed by atoms with Gasteiger partial charge in [0.1, 0.15) is 0 Å². The lowest BCUT2D eigenvalue weighted by molar-refractivity contribution is -0.155. The van der Waals surface area contributed by atoms with Gasteiger partial charge in [0.15, 0.2) is 5.54 Å². The van der Waals surface area contributed by atoms with Gasteiger partial charge in [0.25, 0.3) is 0 Å². The lowest BCUT2D eigenvalue weighted by Gasteiger charge is -2.36. The molecule has 1 aromatic heterocycles. The van der Waals surface area contributed by atoms with E-state index in [-0.39, 0.29) is 18.8 Å². The maximum absolute atomic E-state index is 13.3. The number of rotatable bonds is 3. The van der Waals surface area contributed by atoms with Crippen LogP contribution >= 0.6 is 0 Å². The van der Waals surface area contributed by atoms with E-state index in [0.717, 1.165) is 12.0 Å². The fourth-order valence-corrected chi connectivity index (χ4v) is 3.15. The molecule has 2 aliphatic rings. The second-order valence-corrected chi connectivity index (χ2v) is 5.97. The third-order valence-electron chi connectivity index (χ3n) is 4.65. The van der Waals surface area contributed by atoms with Crippen molar-refractivity contribution in [1.29, 1.82) is 0 Å². The third kappa shape index (κ3) is 2.54. The van der Waals surface area contributed by atoms with Gasteiger partial charge in [0, 0.05) is 31.6 Å². The Hall–Kier alpha value is -1.50. The SMILES string of the molecule is O=C(O)C1(n2cc(C3CCOC3)cn2)CCC(F)(F)CC1. The molecule has 116 valence electrons. The summed E-state index contributed by atoms with van der Waals surface area (Å²) < 4.78 is 33.4. The monoisotopic (exact) mass is 300 g/mol. The van der Waals surface area contributed by atoms with E-state index in [1.54, 1.807) is 12.4 Å². The second-order valence-electron chi connectivity index (χ2n) is 5.97. The van der Waals surface area contributed by atoms with Crippen molar-refractivity contribution in [3.05, 3.63) is 18.0 Å². The van der Waals surface area contributed by atoms with Gasteiger partial charge in [0.2, 0.25) is 5.92 Å². The maximum atomic E-state index is 13.3. The molecular formula is C14H18F2N2O3. The van der Waals surface area contributed by atoms with Gasteiger partial charge >= 0.3 is 5.97 Å². The molecule has 2 heterocycles. The number of halogens is 2. The molecule has 1 unspecified atom stereocenters. The lowest BCUT2D eigenvalue weighted by atomic mass is 9.80. The van der Waals surface area contributed by atoms with Crippen LogP contribution in [-0.4, -0.2) is 40.0 Å². The zero-order valence-corrected chi connectivity index (χ0v) is 11.6. The summed E-state index contributed by atoms with van der Waals surface area (Å²) in [4.78, 5) is 11.7. The van der Waals surface area contributed by atoms with Crippen molar-refractivity contribution < 1.29 is 23.4 Å². The summed E-state index contributed by atoms with van der Waals surface area (Å²) in [5, 5.41) is 13.7. The Morgan fingerprint density at radius 3 is 2.67 bits per heavy atom. The van der Waals surface area contributed by atoms with Crippen molar-refractivity contribution in [2.75, 3.05) is 13.2 Å². The Kier molecular flexibility index (Phi) is 3.47. The first-order chi connectivity index (χ1) is 9.93. The van der Waals surface area contributed by atoms with Gasteiger partial charge in [-0.05, 0) is 24.8 Å². The topological polar surface area (TPSA) is 64.3 Å². The van der Waals surface area contributed by atoms with Crippen LogP contribution in [0.3, 0.4) is 0 Å². The molecule has 0 amide bonds. The summed E-state index contributed by atoms with van der Waals surface area (Å²) in [6, 6.07) is 0. The predicted molar refractivity (Wildman–Crippen MR) is 69.4 cm³/mol. The molecule has 1 saturated carbocycles. The molecule has 21 heavy (non-hydrogen) atoms. The number of aliphatic carboxylic acids is 1.